The zero-order valence-electron chi connectivity index (χ0n) is 24.3. The number of para-hydroxylation sites is 1. The summed E-state index contributed by atoms with van der Waals surface area (Å²) < 4.78 is 46.7. The number of nitrogens with zero attached hydrogens (tertiary/aromatic N) is 6. The number of piperidine rings is 1. The fourth-order valence-electron chi connectivity index (χ4n) is 6.03. The average molecular weight is 607 g/mol. The number of alkyl halides is 3. The number of carbonyl (C=O) groups excluding carboxylic acids is 1. The van der Waals surface area contributed by atoms with Crippen LogP contribution < -0.4 is 15.4 Å². The highest BCUT2D eigenvalue weighted by Crippen LogP contribution is 2.34. The van der Waals surface area contributed by atoms with Crippen LogP contribution in [0.25, 0.3) is 11.0 Å². The largest absolute Gasteiger partial charge is 0.416 e. The molecule has 2 fully saturated rings. The third-order valence-electron chi connectivity index (χ3n) is 8.34. The molecule has 12 heteroatoms. The highest BCUT2D eigenvalue weighted by atomic mass is 19.4. The fourth-order valence-corrected chi connectivity index (χ4v) is 6.03. The molecule has 0 aliphatic carbocycles. The van der Waals surface area contributed by atoms with E-state index in [0.717, 1.165) is 36.0 Å². The summed E-state index contributed by atoms with van der Waals surface area (Å²) >= 11 is 0. The molecule has 4 heterocycles. The van der Waals surface area contributed by atoms with Crippen molar-refractivity contribution in [1.82, 2.24) is 19.4 Å². The number of aromatic nitrogens is 3. The quantitative estimate of drug-likeness (QED) is 0.263. The third kappa shape index (κ3) is 5.86. The Morgan fingerprint density at radius 1 is 0.932 bits per heavy atom. The Balaban J connectivity index is 1.40. The first-order valence-corrected chi connectivity index (χ1v) is 14.7. The van der Waals surface area contributed by atoms with Crippen LogP contribution in [0.4, 0.5) is 35.3 Å². The Labute approximate surface area is 252 Å². The predicted octanol–water partition coefficient (Wildman–Crippen LogP) is 6.37. The maximum atomic E-state index is 14.0. The van der Waals surface area contributed by atoms with E-state index in [1.807, 2.05) is 35.2 Å². The molecule has 2 aromatic heterocycles. The summed E-state index contributed by atoms with van der Waals surface area (Å²) in [6.07, 6.45) is 0.376. The van der Waals surface area contributed by atoms with Gasteiger partial charge in [-0.15, -0.1) is 0 Å². The van der Waals surface area contributed by atoms with Crippen LogP contribution in [-0.4, -0.2) is 58.4 Å². The fraction of sp³-hybridized carbons (Fsp3) is 0.375. The van der Waals surface area contributed by atoms with E-state index >= 15 is 0 Å². The van der Waals surface area contributed by atoms with Crippen LogP contribution in [0.5, 0.6) is 0 Å². The molecule has 1 unspecified atom stereocenters. The Morgan fingerprint density at radius 2 is 1.66 bits per heavy atom. The molecule has 230 valence electrons. The predicted molar refractivity (Wildman–Crippen MR) is 161 cm³/mol. The first kappa shape index (κ1) is 29.6. The molecule has 2 aliphatic rings. The summed E-state index contributed by atoms with van der Waals surface area (Å²) in [4.78, 5) is 41.8. The Morgan fingerprint density at radius 3 is 2.36 bits per heavy atom. The van der Waals surface area contributed by atoms with Crippen molar-refractivity contribution >= 4 is 34.4 Å². The lowest BCUT2D eigenvalue weighted by Crippen LogP contribution is -2.55. The van der Waals surface area contributed by atoms with E-state index in [9.17, 15) is 22.8 Å². The molecule has 9 nitrogen and oxygen atoms in total. The van der Waals surface area contributed by atoms with Crippen LogP contribution in [0.15, 0.2) is 77.7 Å². The lowest BCUT2D eigenvalue weighted by atomic mass is 10.1. The number of amides is 2. The number of fused-ring (bicyclic) bond motifs is 1. The van der Waals surface area contributed by atoms with Gasteiger partial charge in [0.25, 0.3) is 5.56 Å². The number of likely N-dealkylation sites (tertiary alicyclic amines) is 1. The van der Waals surface area contributed by atoms with Crippen LogP contribution in [0.3, 0.4) is 0 Å². The number of rotatable bonds is 5. The summed E-state index contributed by atoms with van der Waals surface area (Å²) in [7, 11) is 1.56. The molecule has 44 heavy (non-hydrogen) atoms. The van der Waals surface area contributed by atoms with Gasteiger partial charge in [0.05, 0.1) is 5.56 Å². The summed E-state index contributed by atoms with van der Waals surface area (Å²) in [5.74, 6) is 0.344. The summed E-state index contributed by atoms with van der Waals surface area (Å²) in [6, 6.07) is 16.9. The van der Waals surface area contributed by atoms with E-state index in [0.29, 0.717) is 56.3 Å². The van der Waals surface area contributed by atoms with Crippen molar-refractivity contribution in [3.63, 3.8) is 0 Å². The minimum Gasteiger partial charge on any atom is -0.381 e. The van der Waals surface area contributed by atoms with Crippen LogP contribution in [0.2, 0.25) is 0 Å². The van der Waals surface area contributed by atoms with Crippen molar-refractivity contribution < 1.29 is 22.7 Å². The van der Waals surface area contributed by atoms with Crippen LogP contribution in [-0.2, 0) is 10.9 Å². The number of carbonyl (C=O) groups is 1. The summed E-state index contributed by atoms with van der Waals surface area (Å²) in [5.41, 5.74) is 0.713. The van der Waals surface area contributed by atoms with Crippen LogP contribution >= 0.6 is 0 Å². The highest BCUT2D eigenvalue weighted by molar-refractivity contribution is 5.92. The van der Waals surface area contributed by atoms with Gasteiger partial charge in [-0.2, -0.15) is 18.2 Å². The lowest BCUT2D eigenvalue weighted by Gasteiger charge is -2.43. The molecule has 0 saturated carbocycles. The van der Waals surface area contributed by atoms with Crippen molar-refractivity contribution in [3.05, 3.63) is 88.8 Å². The van der Waals surface area contributed by atoms with Gasteiger partial charge in [-0.1, -0.05) is 18.2 Å². The second kappa shape index (κ2) is 12.3. The van der Waals surface area contributed by atoms with Gasteiger partial charge in [0, 0.05) is 61.9 Å². The summed E-state index contributed by atoms with van der Waals surface area (Å²) in [5, 5.41) is 0.728. The normalized spacial score (nSPS) is 17.9. The van der Waals surface area contributed by atoms with Gasteiger partial charge >= 0.3 is 12.2 Å². The minimum absolute atomic E-state index is 0.0574. The Kier molecular flexibility index (Phi) is 8.26. The van der Waals surface area contributed by atoms with Crippen molar-refractivity contribution in [2.45, 2.75) is 50.5 Å². The van der Waals surface area contributed by atoms with Gasteiger partial charge in [0.15, 0.2) is 0 Å². The van der Waals surface area contributed by atoms with Gasteiger partial charge in [0.1, 0.15) is 11.8 Å². The number of anilines is 3. The molecule has 2 saturated heterocycles. The molecule has 0 bridgehead atoms. The topological polar surface area (TPSA) is 83.8 Å². The molecule has 0 N–H and O–H groups in total. The van der Waals surface area contributed by atoms with Crippen LogP contribution in [0.1, 0.15) is 43.7 Å². The smallest absolute Gasteiger partial charge is 0.381 e. The van der Waals surface area contributed by atoms with Gasteiger partial charge < -0.3 is 9.64 Å². The van der Waals surface area contributed by atoms with E-state index in [1.165, 1.54) is 23.1 Å². The summed E-state index contributed by atoms with van der Waals surface area (Å²) in [6.45, 7) is 1.57. The number of halogens is 3. The number of urea groups is 1. The molecule has 0 spiro atoms. The number of ether oxygens (including phenoxy) is 1. The van der Waals surface area contributed by atoms with Gasteiger partial charge in [-0.25, -0.2) is 9.78 Å². The van der Waals surface area contributed by atoms with E-state index in [-0.39, 0.29) is 17.6 Å². The standard InChI is InChI=1S/C32H33F3N6O3/c1-38(24-13-11-23(12-14-24)32(33,34)35)31(43)39-18-6-5-9-27(39)40(25-7-3-2-4-8-25)30-36-21-22-10-15-28(42)41(29(22)37-30)26-16-19-44-20-17-26/h2-4,7-8,10-15,21,26-27H,5-6,9,16-20H2,1H3. The van der Waals surface area contributed by atoms with E-state index in [2.05, 4.69) is 0 Å². The first-order valence-electron chi connectivity index (χ1n) is 14.7. The number of hydrogen-bond donors (Lipinski definition) is 0. The number of hydrogen-bond acceptors (Lipinski definition) is 6. The van der Waals surface area contributed by atoms with E-state index < -0.39 is 17.9 Å². The first-order chi connectivity index (χ1) is 21.2. The average Bonchev–Trinajstić information content (AvgIpc) is 3.05. The third-order valence-corrected chi connectivity index (χ3v) is 8.34. The lowest BCUT2D eigenvalue weighted by molar-refractivity contribution is -0.137. The molecule has 2 amide bonds. The molecule has 1 atom stereocenters. The zero-order valence-corrected chi connectivity index (χ0v) is 24.3. The SMILES string of the molecule is CN(C(=O)N1CCCCC1N(c1ccccc1)c1ncc2ccc(=O)n(C3CCOCC3)c2n1)c1ccc(C(F)(F)F)cc1. The van der Waals surface area contributed by atoms with Crippen molar-refractivity contribution in [1.29, 1.82) is 0 Å². The maximum Gasteiger partial charge on any atom is 0.416 e. The van der Waals surface area contributed by atoms with Crippen molar-refractivity contribution in [3.8, 4) is 0 Å². The number of pyridine rings is 1. The zero-order chi connectivity index (χ0) is 30.8. The monoisotopic (exact) mass is 606 g/mol. The molecule has 2 aromatic carbocycles. The second-order valence-electron chi connectivity index (χ2n) is 11.1. The second-order valence-corrected chi connectivity index (χ2v) is 11.1. The molecule has 4 aromatic rings. The molecule has 6 rings (SSSR count). The van der Waals surface area contributed by atoms with Crippen LogP contribution in [0, 0.1) is 0 Å². The molecular weight excluding hydrogens is 573 g/mol. The Hall–Kier alpha value is -4.45. The van der Waals surface area contributed by atoms with Gasteiger partial charge in [0.2, 0.25) is 5.95 Å². The molecule has 0 radical (unpaired) electrons. The van der Waals surface area contributed by atoms with Gasteiger partial charge in [-0.3, -0.25) is 19.2 Å². The molecular formula is C32H33F3N6O3. The van der Waals surface area contributed by atoms with E-state index in [1.54, 1.807) is 28.8 Å². The highest BCUT2D eigenvalue weighted by Gasteiger charge is 2.36. The molecule has 2 aliphatic heterocycles. The van der Waals surface area contributed by atoms with E-state index in [4.69, 9.17) is 14.7 Å². The number of benzene rings is 2. The van der Waals surface area contributed by atoms with Crippen molar-refractivity contribution in [2.75, 3.05) is 36.6 Å². The van der Waals surface area contributed by atoms with Gasteiger partial charge in [-0.05, 0) is 74.6 Å². The Bertz CT molecular complexity index is 1670. The van der Waals surface area contributed by atoms with Crippen molar-refractivity contribution in [2.24, 2.45) is 0 Å². The minimum atomic E-state index is -4.47. The maximum absolute atomic E-state index is 14.0.